The maximum Gasteiger partial charge on any atom is 0.338 e. The third-order valence-electron chi connectivity index (χ3n) is 22.6. The van der Waals surface area contributed by atoms with E-state index in [1.807, 2.05) is 131 Å². The third kappa shape index (κ3) is 30.0. The lowest BCUT2D eigenvalue weighted by atomic mass is 9.87. The summed E-state index contributed by atoms with van der Waals surface area (Å²) < 4.78 is 51.5. The van der Waals surface area contributed by atoms with E-state index in [2.05, 4.69) is 136 Å². The second kappa shape index (κ2) is 51.7. The zero-order valence-corrected chi connectivity index (χ0v) is 79.5. The van der Waals surface area contributed by atoms with Gasteiger partial charge in [-0.3, -0.25) is 4.79 Å². The van der Waals surface area contributed by atoms with Gasteiger partial charge >= 0.3 is 11.9 Å². The summed E-state index contributed by atoms with van der Waals surface area (Å²) in [5, 5.41) is 15.1. The SMILES string of the molecule is CC(=O)OCCCc1ccccc1-c1ccc(C(CN)Cc2ccc(OCCOc3c(Cl)cc(C)cc3Cl)cc2)c(C)c1.CCCCCc1ccccc1-c1ccc(C(CN)Cc2ccc(OCCOc3c(Cl)cc(C)cc3Cl)cc2)cc1C(=O)OC.COCCCc1c(-c2ccc(C(CN)Cc3ccc(OCCOc4c(C)cc(C)cc4Cl)cc3)c(C)c2)ccc[n+]1[O-]. The lowest BCUT2D eigenvalue weighted by Crippen LogP contribution is -2.32. The molecule has 0 aliphatic carbocycles. The molecule has 16 nitrogen and oxygen atoms in total. The van der Waals surface area contributed by atoms with Crippen LogP contribution in [0, 0.1) is 46.7 Å². The molecule has 6 N–H and O–H groups in total. The van der Waals surface area contributed by atoms with Gasteiger partial charge < -0.3 is 65.0 Å². The van der Waals surface area contributed by atoms with Crippen molar-refractivity contribution in [1.29, 1.82) is 0 Å². The van der Waals surface area contributed by atoms with Crippen LogP contribution in [0.15, 0.2) is 231 Å². The van der Waals surface area contributed by atoms with Crippen molar-refractivity contribution in [2.45, 2.75) is 144 Å². The fourth-order valence-corrected chi connectivity index (χ4v) is 17.8. The molecule has 11 aromatic carbocycles. The highest BCUT2D eigenvalue weighted by atomic mass is 35.5. The first-order valence-corrected chi connectivity index (χ1v) is 46.0. The summed E-state index contributed by atoms with van der Waals surface area (Å²) in [5.74, 6) is 3.74. The minimum atomic E-state index is -0.349. The fraction of sp³-hybridized carbons (Fsp3) is 0.324. The van der Waals surface area contributed by atoms with Gasteiger partial charge in [0, 0.05) is 50.9 Å². The molecule has 0 spiro atoms. The first kappa shape index (κ1) is 101. The molecule has 0 amide bonds. The van der Waals surface area contributed by atoms with Crippen LogP contribution < -0.4 is 50.4 Å². The molecule has 0 radical (unpaired) electrons. The molecule has 1 heterocycles. The predicted molar refractivity (Wildman–Crippen MR) is 526 cm³/mol. The Morgan fingerprint density at radius 2 is 0.814 bits per heavy atom. The smallest absolute Gasteiger partial charge is 0.338 e. The number of benzene rings is 11. The van der Waals surface area contributed by atoms with E-state index < -0.39 is 0 Å². The first-order chi connectivity index (χ1) is 62.4. The van der Waals surface area contributed by atoms with Gasteiger partial charge in [-0.15, -0.1) is 0 Å². The van der Waals surface area contributed by atoms with Gasteiger partial charge in [0.2, 0.25) is 5.69 Å². The summed E-state index contributed by atoms with van der Waals surface area (Å²) in [7, 11) is 3.10. The number of carbonyl (C=O) groups is 2. The van der Waals surface area contributed by atoms with Crippen LogP contribution >= 0.6 is 58.0 Å². The molecule has 0 aliphatic rings. The Morgan fingerprint density at radius 1 is 0.395 bits per heavy atom. The number of methoxy groups -OCH3 is 2. The van der Waals surface area contributed by atoms with Crippen molar-refractivity contribution in [2.24, 2.45) is 17.2 Å². The second-order valence-corrected chi connectivity index (χ2v) is 34.4. The number of unbranched alkanes of at least 4 members (excludes halogenated alkanes) is 2. The molecule has 680 valence electrons. The Bertz CT molecular complexity index is 5550. The Morgan fingerprint density at radius 3 is 1.27 bits per heavy atom. The molecule has 129 heavy (non-hydrogen) atoms. The molecular weight excluding hydrogens is 1720 g/mol. The van der Waals surface area contributed by atoms with Crippen molar-refractivity contribution in [2.75, 3.05) is 86.7 Å². The van der Waals surface area contributed by atoms with E-state index in [4.69, 9.17) is 118 Å². The van der Waals surface area contributed by atoms with E-state index in [0.717, 1.165) is 147 Å². The normalized spacial score (nSPS) is 11.7. The quantitative estimate of drug-likeness (QED) is 0.0140. The topological polar surface area (TPSA) is 222 Å². The molecule has 0 bridgehead atoms. The maximum absolute atomic E-state index is 13.0. The number of carbonyl (C=O) groups excluding carboxylic acids is 2. The number of rotatable bonds is 43. The maximum atomic E-state index is 13.0. The van der Waals surface area contributed by atoms with Crippen LogP contribution in [0.1, 0.15) is 158 Å². The molecule has 0 saturated carbocycles. The van der Waals surface area contributed by atoms with Crippen molar-refractivity contribution in [3.05, 3.63) is 350 Å². The zero-order valence-electron chi connectivity index (χ0n) is 75.7. The van der Waals surface area contributed by atoms with Crippen LogP contribution in [0.5, 0.6) is 34.5 Å². The number of nitrogens with two attached hydrogens (primary N) is 3. The molecule has 3 atom stereocenters. The molecule has 0 aliphatic heterocycles. The van der Waals surface area contributed by atoms with E-state index in [0.29, 0.717) is 127 Å². The average molecular weight is 1840 g/mol. The lowest BCUT2D eigenvalue weighted by molar-refractivity contribution is -0.613. The zero-order chi connectivity index (χ0) is 92.3. The summed E-state index contributed by atoms with van der Waals surface area (Å²) in [6.45, 7) is 20.5. The van der Waals surface area contributed by atoms with Crippen LogP contribution in [-0.4, -0.2) is 98.6 Å². The highest BCUT2D eigenvalue weighted by molar-refractivity contribution is 6.38. The van der Waals surface area contributed by atoms with Gasteiger partial charge in [0.1, 0.15) is 62.6 Å². The van der Waals surface area contributed by atoms with Gasteiger partial charge in [0.25, 0.3) is 0 Å². The number of ether oxygens (including phenoxy) is 9. The Hall–Kier alpha value is -10.6. The molecule has 12 rings (SSSR count). The Balaban J connectivity index is 0.000000201. The number of halogens is 5. The summed E-state index contributed by atoms with van der Waals surface area (Å²) in [6, 6.07) is 75.2. The van der Waals surface area contributed by atoms with E-state index in [1.54, 1.807) is 19.4 Å². The number of pyridine rings is 1. The van der Waals surface area contributed by atoms with Crippen LogP contribution in [0.3, 0.4) is 0 Å². The number of nitrogens with zero attached hydrogens (tertiary/aromatic N) is 1. The second-order valence-electron chi connectivity index (χ2n) is 32.4. The fourth-order valence-electron chi connectivity index (χ4n) is 16.1. The third-order valence-corrected chi connectivity index (χ3v) is 24.0. The van der Waals surface area contributed by atoms with Crippen molar-refractivity contribution in [3.63, 3.8) is 0 Å². The minimum Gasteiger partial charge on any atom is -0.618 e. The molecule has 3 unspecified atom stereocenters. The number of hydrogen-bond acceptors (Lipinski definition) is 15. The first-order valence-electron chi connectivity index (χ1n) is 44.1. The van der Waals surface area contributed by atoms with Gasteiger partial charge in [-0.2, -0.15) is 4.73 Å². The molecule has 0 saturated heterocycles. The molecular formula is C108H121Cl5N4O12. The van der Waals surface area contributed by atoms with Crippen molar-refractivity contribution >= 4 is 69.9 Å². The summed E-state index contributed by atoms with van der Waals surface area (Å²) in [5.41, 5.74) is 42.4. The van der Waals surface area contributed by atoms with Gasteiger partial charge in [-0.05, 0) is 297 Å². The van der Waals surface area contributed by atoms with Crippen molar-refractivity contribution in [1.82, 2.24) is 0 Å². The highest BCUT2D eigenvalue weighted by Gasteiger charge is 2.24. The Labute approximate surface area is 787 Å². The average Bonchev–Trinajstić information content (AvgIpc) is 0.793. The number of esters is 2. The lowest BCUT2D eigenvalue weighted by Gasteiger charge is -2.20. The van der Waals surface area contributed by atoms with Gasteiger partial charge in [0.15, 0.2) is 17.7 Å². The van der Waals surface area contributed by atoms with Gasteiger partial charge in [-0.1, -0.05) is 217 Å². The van der Waals surface area contributed by atoms with Crippen LogP contribution in [-0.2, 0) is 57.5 Å². The van der Waals surface area contributed by atoms with Crippen molar-refractivity contribution in [3.8, 4) is 67.9 Å². The summed E-state index contributed by atoms with van der Waals surface area (Å²) >= 11 is 31.4. The van der Waals surface area contributed by atoms with Crippen LogP contribution in [0.25, 0.3) is 33.4 Å². The van der Waals surface area contributed by atoms with Gasteiger partial charge in [0.05, 0.1) is 50.0 Å². The number of aryl methyl sites for hydroxylation is 8. The molecule has 21 heteroatoms. The van der Waals surface area contributed by atoms with E-state index >= 15 is 0 Å². The van der Waals surface area contributed by atoms with E-state index in [1.165, 1.54) is 70.5 Å². The van der Waals surface area contributed by atoms with Crippen LogP contribution in [0.2, 0.25) is 25.1 Å². The van der Waals surface area contributed by atoms with E-state index in [9.17, 15) is 14.8 Å². The summed E-state index contributed by atoms with van der Waals surface area (Å²) in [6.07, 6.45) is 11.4. The number of aromatic nitrogens is 1. The van der Waals surface area contributed by atoms with Crippen molar-refractivity contribution < 1.29 is 57.0 Å². The Kier molecular flexibility index (Phi) is 40.3. The van der Waals surface area contributed by atoms with Gasteiger partial charge in [-0.25, -0.2) is 4.79 Å². The summed E-state index contributed by atoms with van der Waals surface area (Å²) in [4.78, 5) is 24.1. The molecule has 1 aromatic heterocycles. The van der Waals surface area contributed by atoms with E-state index in [-0.39, 0.29) is 29.7 Å². The van der Waals surface area contributed by atoms with Crippen LogP contribution in [0.4, 0.5) is 0 Å². The molecule has 12 aromatic rings. The monoisotopic (exact) mass is 1840 g/mol. The number of hydrogen-bond donors (Lipinski definition) is 3. The predicted octanol–water partition coefficient (Wildman–Crippen LogP) is 24.6. The minimum absolute atomic E-state index is 0.0245. The highest BCUT2D eigenvalue weighted by Crippen LogP contribution is 2.40. The molecule has 0 fully saturated rings. The standard InChI is InChI=1S/C37H41Cl2NO4.C36H39Cl2NO4.C35H41ClN2O4/c1-4-5-6-9-27-10-7-8-11-31(27)32-17-14-28(23-33(32)37(41)42-3)29(24-40)22-26-12-15-30(16-13-26)43-18-19-44-36-34(38)20-25(2)21-35(36)39;1-24-19-34(37)36(35(38)20-24)43-18-17-42-31-13-10-27(11-14-31)22-30(23-39)32-15-12-29(21-25(32)2)33-9-5-4-7-28(33)8-6-16-41-26(3)40;1-24-19-26(3)35(33(36)20-24)42-18-17-41-30-12-9-27(10-13-30)22-29(23-37)31-14-11-28(21-25(31)2)32-7-5-15-38(39)34(32)8-6-16-40-4/h7-8,10-17,20-21,23,29H,4-6,9,18-19,22,24,40H2,1-3H3;4-5,7,9-15,19-21,30H,6,8,16-18,22-23,39H2,1-3H3;5,7,9-15,19-21,29H,6,8,16-18,22-23,37H2,1-4H3. The largest absolute Gasteiger partial charge is 0.618 e.